The minimum atomic E-state index is -0.203. The molecule has 0 spiro atoms. The van der Waals surface area contributed by atoms with E-state index in [1.54, 1.807) is 0 Å². The smallest absolute Gasteiger partial charge is 0.253 e. The van der Waals surface area contributed by atoms with Gasteiger partial charge in [-0.05, 0) is 69.0 Å². The van der Waals surface area contributed by atoms with Gasteiger partial charge in [0.2, 0.25) is 0 Å². The standard InChI is InChI=1S/C22H25FN2O/c1-22(2)14-17-15-24(21(26)16-6-4-3-5-7-16)13-12-20(17)25(22)19-10-8-18(23)9-11-19/h3-11,17,20H,12-15H2,1-2H3/t17-,20+/m1/s1. The van der Waals surface area contributed by atoms with E-state index in [1.807, 2.05) is 47.4 Å². The van der Waals surface area contributed by atoms with E-state index in [9.17, 15) is 9.18 Å². The summed E-state index contributed by atoms with van der Waals surface area (Å²) in [4.78, 5) is 17.3. The number of halogens is 1. The molecule has 136 valence electrons. The van der Waals surface area contributed by atoms with Gasteiger partial charge in [-0.1, -0.05) is 18.2 Å². The van der Waals surface area contributed by atoms with E-state index in [0.29, 0.717) is 12.0 Å². The zero-order valence-corrected chi connectivity index (χ0v) is 15.4. The molecule has 2 saturated heterocycles. The zero-order valence-electron chi connectivity index (χ0n) is 15.4. The Hall–Kier alpha value is -2.36. The highest BCUT2D eigenvalue weighted by atomic mass is 19.1. The average Bonchev–Trinajstić information content (AvgIpc) is 2.91. The summed E-state index contributed by atoms with van der Waals surface area (Å²) >= 11 is 0. The van der Waals surface area contributed by atoms with Crippen molar-refractivity contribution in [1.29, 1.82) is 0 Å². The third-order valence-corrected chi connectivity index (χ3v) is 5.85. The normalized spacial score (nSPS) is 24.4. The maximum absolute atomic E-state index is 13.3. The third kappa shape index (κ3) is 2.98. The molecule has 2 atom stereocenters. The minimum absolute atomic E-state index is 0.00102. The number of piperidine rings is 1. The molecule has 0 aliphatic carbocycles. The number of amides is 1. The molecule has 0 aromatic heterocycles. The largest absolute Gasteiger partial charge is 0.363 e. The van der Waals surface area contributed by atoms with Gasteiger partial charge in [0.15, 0.2) is 0 Å². The van der Waals surface area contributed by atoms with E-state index >= 15 is 0 Å². The van der Waals surface area contributed by atoms with E-state index in [4.69, 9.17) is 0 Å². The second kappa shape index (κ2) is 6.42. The van der Waals surface area contributed by atoms with Crippen molar-refractivity contribution in [3.8, 4) is 0 Å². The lowest BCUT2D eigenvalue weighted by atomic mass is 9.89. The van der Waals surface area contributed by atoms with Crippen LogP contribution in [0.1, 0.15) is 37.0 Å². The first-order valence-electron chi connectivity index (χ1n) is 9.35. The molecule has 2 aromatic rings. The Morgan fingerprint density at radius 2 is 1.77 bits per heavy atom. The summed E-state index contributed by atoms with van der Waals surface area (Å²) in [5, 5.41) is 0. The number of likely N-dealkylation sites (tertiary alicyclic amines) is 1. The maximum Gasteiger partial charge on any atom is 0.253 e. The fourth-order valence-electron chi connectivity index (χ4n) is 4.84. The van der Waals surface area contributed by atoms with E-state index in [-0.39, 0.29) is 17.3 Å². The molecule has 4 heteroatoms. The van der Waals surface area contributed by atoms with Crippen LogP contribution in [0.4, 0.5) is 10.1 Å². The van der Waals surface area contributed by atoms with Crippen LogP contribution < -0.4 is 4.90 Å². The summed E-state index contributed by atoms with van der Waals surface area (Å²) in [6.45, 7) is 6.05. The molecular formula is C22H25FN2O. The first-order valence-corrected chi connectivity index (χ1v) is 9.35. The molecule has 0 saturated carbocycles. The van der Waals surface area contributed by atoms with Gasteiger partial charge < -0.3 is 9.80 Å². The zero-order chi connectivity index (χ0) is 18.3. The van der Waals surface area contributed by atoms with Crippen LogP contribution in [-0.2, 0) is 0 Å². The first-order chi connectivity index (χ1) is 12.5. The molecule has 0 unspecified atom stereocenters. The summed E-state index contributed by atoms with van der Waals surface area (Å²) in [7, 11) is 0. The summed E-state index contributed by atoms with van der Waals surface area (Å²) in [5.41, 5.74) is 1.84. The molecule has 4 rings (SSSR count). The number of hydrogen-bond donors (Lipinski definition) is 0. The second-order valence-corrected chi connectivity index (χ2v) is 8.10. The number of hydrogen-bond acceptors (Lipinski definition) is 2. The van der Waals surface area contributed by atoms with Gasteiger partial charge in [0.25, 0.3) is 5.91 Å². The van der Waals surface area contributed by atoms with Crippen molar-refractivity contribution in [2.24, 2.45) is 5.92 Å². The quantitative estimate of drug-likeness (QED) is 0.802. The van der Waals surface area contributed by atoms with Crippen molar-refractivity contribution in [2.75, 3.05) is 18.0 Å². The summed E-state index contributed by atoms with van der Waals surface area (Å²) in [6.07, 6.45) is 1.98. The minimum Gasteiger partial charge on any atom is -0.363 e. The van der Waals surface area contributed by atoms with Gasteiger partial charge in [-0.15, -0.1) is 0 Å². The SMILES string of the molecule is CC1(C)C[C@@H]2CN(C(=O)c3ccccc3)CC[C@@H]2N1c1ccc(F)cc1. The van der Waals surface area contributed by atoms with Gasteiger partial charge in [-0.2, -0.15) is 0 Å². The van der Waals surface area contributed by atoms with Crippen LogP contribution in [0.15, 0.2) is 54.6 Å². The van der Waals surface area contributed by atoms with Gasteiger partial charge in [0, 0.05) is 35.9 Å². The van der Waals surface area contributed by atoms with Crippen molar-refractivity contribution < 1.29 is 9.18 Å². The number of rotatable bonds is 2. The van der Waals surface area contributed by atoms with Crippen molar-refractivity contribution >= 4 is 11.6 Å². The van der Waals surface area contributed by atoms with Crippen molar-refractivity contribution in [3.63, 3.8) is 0 Å². The monoisotopic (exact) mass is 352 g/mol. The highest BCUT2D eigenvalue weighted by molar-refractivity contribution is 5.94. The predicted molar refractivity (Wildman–Crippen MR) is 102 cm³/mol. The molecule has 2 aliphatic heterocycles. The summed E-state index contributed by atoms with van der Waals surface area (Å²) in [5.74, 6) is 0.365. The van der Waals surface area contributed by atoms with Crippen LogP contribution in [0.2, 0.25) is 0 Å². The van der Waals surface area contributed by atoms with Crippen LogP contribution >= 0.6 is 0 Å². The maximum atomic E-state index is 13.3. The Bertz CT molecular complexity index is 788. The van der Waals surface area contributed by atoms with Gasteiger partial charge in [0.1, 0.15) is 5.82 Å². The topological polar surface area (TPSA) is 23.6 Å². The Kier molecular flexibility index (Phi) is 4.22. The second-order valence-electron chi connectivity index (χ2n) is 8.10. The molecule has 1 amide bonds. The molecule has 3 nitrogen and oxygen atoms in total. The molecule has 0 bridgehead atoms. The lowest BCUT2D eigenvalue weighted by molar-refractivity contribution is 0.0667. The van der Waals surface area contributed by atoms with Gasteiger partial charge in [-0.25, -0.2) is 4.39 Å². The van der Waals surface area contributed by atoms with Gasteiger partial charge >= 0.3 is 0 Å². The fraction of sp³-hybridized carbons (Fsp3) is 0.409. The molecule has 2 aromatic carbocycles. The highest BCUT2D eigenvalue weighted by Gasteiger charge is 2.48. The van der Waals surface area contributed by atoms with E-state index in [0.717, 1.165) is 37.2 Å². The van der Waals surface area contributed by atoms with Gasteiger partial charge in [0.05, 0.1) is 0 Å². The molecular weight excluding hydrogens is 327 g/mol. The number of fused-ring (bicyclic) bond motifs is 1. The van der Waals surface area contributed by atoms with Crippen LogP contribution in [0.25, 0.3) is 0 Å². The van der Waals surface area contributed by atoms with Crippen LogP contribution in [0, 0.1) is 11.7 Å². The predicted octanol–water partition coefficient (Wildman–Crippen LogP) is 4.35. The van der Waals surface area contributed by atoms with Crippen molar-refractivity contribution in [2.45, 2.75) is 38.3 Å². The third-order valence-electron chi connectivity index (χ3n) is 5.85. The molecule has 0 N–H and O–H groups in total. The van der Waals surface area contributed by atoms with E-state index < -0.39 is 0 Å². The summed E-state index contributed by atoms with van der Waals surface area (Å²) < 4.78 is 13.3. The number of carbonyl (C=O) groups excluding carboxylic acids is 1. The molecule has 2 aliphatic rings. The lowest BCUT2D eigenvalue weighted by Crippen LogP contribution is -2.50. The average molecular weight is 352 g/mol. The first kappa shape index (κ1) is 17.1. The number of benzene rings is 2. The van der Waals surface area contributed by atoms with Gasteiger partial charge in [-0.3, -0.25) is 4.79 Å². The Morgan fingerprint density at radius 1 is 1.08 bits per heavy atom. The summed E-state index contributed by atoms with van der Waals surface area (Å²) in [6, 6.07) is 16.7. The lowest BCUT2D eigenvalue weighted by Gasteiger charge is -2.42. The van der Waals surface area contributed by atoms with Crippen molar-refractivity contribution in [3.05, 3.63) is 66.0 Å². The molecule has 2 heterocycles. The number of anilines is 1. The Labute approximate surface area is 154 Å². The van der Waals surface area contributed by atoms with Crippen LogP contribution in [0.5, 0.6) is 0 Å². The van der Waals surface area contributed by atoms with E-state index in [2.05, 4.69) is 18.7 Å². The Morgan fingerprint density at radius 3 is 2.46 bits per heavy atom. The molecule has 26 heavy (non-hydrogen) atoms. The van der Waals surface area contributed by atoms with Crippen LogP contribution in [-0.4, -0.2) is 35.5 Å². The fourth-order valence-corrected chi connectivity index (χ4v) is 4.84. The Balaban J connectivity index is 1.55. The molecule has 2 fully saturated rings. The van der Waals surface area contributed by atoms with Crippen molar-refractivity contribution in [1.82, 2.24) is 4.90 Å². The van der Waals surface area contributed by atoms with Crippen LogP contribution in [0.3, 0.4) is 0 Å². The highest BCUT2D eigenvalue weighted by Crippen LogP contribution is 2.44. The number of carbonyl (C=O) groups is 1. The number of nitrogens with zero attached hydrogens (tertiary/aromatic N) is 2. The van der Waals surface area contributed by atoms with E-state index in [1.165, 1.54) is 12.1 Å². The molecule has 0 radical (unpaired) electrons.